The van der Waals surface area contributed by atoms with Crippen LogP contribution in [0.4, 0.5) is 0 Å². The number of guanidine groups is 1. The highest BCUT2D eigenvalue weighted by Crippen LogP contribution is 2.17. The molecule has 0 bridgehead atoms. The summed E-state index contributed by atoms with van der Waals surface area (Å²) in [5.41, 5.74) is 3.69. The Balaban J connectivity index is 1.59. The number of hydrogen-bond donors (Lipinski definition) is 2. The predicted molar refractivity (Wildman–Crippen MR) is 122 cm³/mol. The van der Waals surface area contributed by atoms with Gasteiger partial charge in [-0.15, -0.1) is 0 Å². The molecule has 30 heavy (non-hydrogen) atoms. The zero-order chi connectivity index (χ0) is 21.2. The van der Waals surface area contributed by atoms with Gasteiger partial charge in [-0.05, 0) is 44.0 Å². The Bertz CT molecular complexity index is 785. The number of nitrogens with zero attached hydrogens (tertiary/aromatic N) is 3. The standard InChI is InChI=1S/C24H35N5O/c1-4-25-24(27-14-12-23-11-7-8-13-26-23)28-15-21-9-5-6-10-22(21)18-29-16-19(2)30-20(3)17-29/h5-11,13,19-20H,4,12,14-18H2,1-3H3,(H2,25,27,28). The van der Waals surface area contributed by atoms with Crippen molar-refractivity contribution in [2.45, 2.75) is 52.5 Å². The number of benzene rings is 1. The molecule has 0 spiro atoms. The first kappa shape index (κ1) is 22.2. The van der Waals surface area contributed by atoms with Gasteiger partial charge in [-0.25, -0.2) is 4.99 Å². The highest BCUT2D eigenvalue weighted by atomic mass is 16.5. The van der Waals surface area contributed by atoms with Crippen LogP contribution in [0.5, 0.6) is 0 Å². The monoisotopic (exact) mass is 409 g/mol. The van der Waals surface area contributed by atoms with E-state index in [1.54, 1.807) is 0 Å². The highest BCUT2D eigenvalue weighted by Gasteiger charge is 2.22. The molecule has 1 fully saturated rings. The van der Waals surface area contributed by atoms with Crippen molar-refractivity contribution in [2.75, 3.05) is 26.2 Å². The Morgan fingerprint density at radius 3 is 2.50 bits per heavy atom. The van der Waals surface area contributed by atoms with E-state index < -0.39 is 0 Å². The molecule has 1 aliphatic rings. The third-order valence-corrected chi connectivity index (χ3v) is 5.16. The van der Waals surface area contributed by atoms with E-state index in [0.717, 1.165) is 50.8 Å². The molecule has 1 aromatic carbocycles. The van der Waals surface area contributed by atoms with Crippen LogP contribution < -0.4 is 10.6 Å². The van der Waals surface area contributed by atoms with Crippen LogP contribution in [0.1, 0.15) is 37.6 Å². The van der Waals surface area contributed by atoms with E-state index in [0.29, 0.717) is 6.54 Å². The van der Waals surface area contributed by atoms with E-state index in [1.807, 2.05) is 18.3 Å². The first-order valence-electron chi connectivity index (χ1n) is 11.0. The second kappa shape index (κ2) is 11.7. The molecular formula is C24H35N5O. The summed E-state index contributed by atoms with van der Waals surface area (Å²) in [7, 11) is 0. The van der Waals surface area contributed by atoms with Crippen molar-refractivity contribution in [2.24, 2.45) is 4.99 Å². The molecule has 1 aromatic heterocycles. The molecule has 6 heteroatoms. The zero-order valence-electron chi connectivity index (χ0n) is 18.5. The van der Waals surface area contributed by atoms with Crippen LogP contribution in [0.15, 0.2) is 53.7 Å². The van der Waals surface area contributed by atoms with Gasteiger partial charge in [-0.1, -0.05) is 30.3 Å². The molecule has 0 amide bonds. The van der Waals surface area contributed by atoms with Gasteiger partial charge >= 0.3 is 0 Å². The molecule has 0 radical (unpaired) electrons. The minimum atomic E-state index is 0.280. The molecule has 0 saturated carbocycles. The van der Waals surface area contributed by atoms with Gasteiger partial charge in [0, 0.05) is 51.0 Å². The number of rotatable bonds is 8. The van der Waals surface area contributed by atoms with Gasteiger partial charge in [0.25, 0.3) is 0 Å². The number of morpholine rings is 1. The number of hydrogen-bond acceptors (Lipinski definition) is 4. The summed E-state index contributed by atoms with van der Waals surface area (Å²) in [4.78, 5) is 11.7. The molecule has 3 rings (SSSR count). The minimum Gasteiger partial charge on any atom is -0.373 e. The van der Waals surface area contributed by atoms with Crippen LogP contribution in [0.3, 0.4) is 0 Å². The maximum absolute atomic E-state index is 5.88. The normalized spacial score (nSPS) is 20.2. The van der Waals surface area contributed by atoms with Crippen molar-refractivity contribution in [1.82, 2.24) is 20.5 Å². The first-order chi connectivity index (χ1) is 14.6. The average Bonchev–Trinajstić information content (AvgIpc) is 2.73. The van der Waals surface area contributed by atoms with Gasteiger partial charge in [0.15, 0.2) is 5.96 Å². The third-order valence-electron chi connectivity index (χ3n) is 5.16. The van der Waals surface area contributed by atoms with Crippen molar-refractivity contribution >= 4 is 5.96 Å². The molecule has 6 nitrogen and oxygen atoms in total. The molecule has 2 unspecified atom stereocenters. The van der Waals surface area contributed by atoms with Crippen LogP contribution >= 0.6 is 0 Å². The number of ether oxygens (including phenoxy) is 1. The average molecular weight is 410 g/mol. The quantitative estimate of drug-likeness (QED) is 0.518. The maximum atomic E-state index is 5.88. The maximum Gasteiger partial charge on any atom is 0.191 e. The molecule has 162 valence electrons. The Kier molecular flexibility index (Phi) is 8.66. The summed E-state index contributed by atoms with van der Waals surface area (Å²) in [6.45, 7) is 11.6. The highest BCUT2D eigenvalue weighted by molar-refractivity contribution is 5.79. The van der Waals surface area contributed by atoms with Gasteiger partial charge < -0.3 is 15.4 Å². The summed E-state index contributed by atoms with van der Waals surface area (Å²) < 4.78 is 5.88. The molecule has 0 aliphatic carbocycles. The van der Waals surface area contributed by atoms with Gasteiger partial charge in [-0.3, -0.25) is 9.88 Å². The summed E-state index contributed by atoms with van der Waals surface area (Å²) >= 11 is 0. The third kappa shape index (κ3) is 7.11. The molecule has 2 atom stereocenters. The lowest BCUT2D eigenvalue weighted by atomic mass is 10.1. The van der Waals surface area contributed by atoms with Gasteiger partial charge in [0.1, 0.15) is 0 Å². The lowest BCUT2D eigenvalue weighted by Gasteiger charge is -2.35. The van der Waals surface area contributed by atoms with Crippen LogP contribution in [0, 0.1) is 0 Å². The molecule has 2 heterocycles. The second-order valence-corrected chi connectivity index (χ2v) is 7.91. The number of pyridine rings is 1. The predicted octanol–water partition coefficient (Wildman–Crippen LogP) is 2.99. The van der Waals surface area contributed by atoms with Crippen LogP contribution in [0.2, 0.25) is 0 Å². The lowest BCUT2D eigenvalue weighted by Crippen LogP contribution is -2.44. The SMILES string of the molecule is CCNC(=NCc1ccccc1CN1CC(C)OC(C)C1)NCCc1ccccn1. The minimum absolute atomic E-state index is 0.280. The topological polar surface area (TPSA) is 61.8 Å². The number of aliphatic imine (C=N–C) groups is 1. The smallest absolute Gasteiger partial charge is 0.191 e. The Morgan fingerprint density at radius 1 is 1.07 bits per heavy atom. The van der Waals surface area contributed by atoms with E-state index in [2.05, 4.69) is 71.6 Å². The van der Waals surface area contributed by atoms with Crippen molar-refractivity contribution in [1.29, 1.82) is 0 Å². The second-order valence-electron chi connectivity index (χ2n) is 7.91. The van der Waals surface area contributed by atoms with E-state index in [4.69, 9.17) is 9.73 Å². The van der Waals surface area contributed by atoms with E-state index in [1.165, 1.54) is 11.1 Å². The lowest BCUT2D eigenvalue weighted by molar-refractivity contribution is -0.0705. The van der Waals surface area contributed by atoms with Crippen LogP contribution in [0.25, 0.3) is 0 Å². The fraction of sp³-hybridized carbons (Fsp3) is 0.500. The van der Waals surface area contributed by atoms with E-state index >= 15 is 0 Å². The van der Waals surface area contributed by atoms with Crippen molar-refractivity contribution < 1.29 is 4.74 Å². The van der Waals surface area contributed by atoms with Crippen molar-refractivity contribution in [3.8, 4) is 0 Å². The summed E-state index contributed by atoms with van der Waals surface area (Å²) in [5.74, 6) is 0.844. The van der Waals surface area contributed by atoms with Crippen LogP contribution in [-0.4, -0.2) is 54.2 Å². The summed E-state index contributed by atoms with van der Waals surface area (Å²) in [6.07, 6.45) is 3.27. The molecule has 2 N–H and O–H groups in total. The molecule has 1 saturated heterocycles. The van der Waals surface area contributed by atoms with Crippen LogP contribution in [-0.2, 0) is 24.2 Å². The van der Waals surface area contributed by atoms with Gasteiger partial charge in [0.05, 0.1) is 18.8 Å². The first-order valence-corrected chi connectivity index (χ1v) is 11.0. The number of nitrogens with one attached hydrogen (secondary N) is 2. The van der Waals surface area contributed by atoms with E-state index in [-0.39, 0.29) is 12.2 Å². The van der Waals surface area contributed by atoms with Gasteiger partial charge in [-0.2, -0.15) is 0 Å². The molecular weight excluding hydrogens is 374 g/mol. The fourth-order valence-electron chi connectivity index (χ4n) is 3.88. The largest absolute Gasteiger partial charge is 0.373 e. The Morgan fingerprint density at radius 2 is 1.80 bits per heavy atom. The molecule has 2 aromatic rings. The molecule has 1 aliphatic heterocycles. The summed E-state index contributed by atoms with van der Waals surface area (Å²) in [5, 5.41) is 6.77. The number of aromatic nitrogens is 1. The Hall–Kier alpha value is -2.44. The van der Waals surface area contributed by atoms with Crippen molar-refractivity contribution in [3.05, 3.63) is 65.5 Å². The Labute approximate surface area is 180 Å². The van der Waals surface area contributed by atoms with Crippen molar-refractivity contribution in [3.63, 3.8) is 0 Å². The van der Waals surface area contributed by atoms with E-state index in [9.17, 15) is 0 Å². The van der Waals surface area contributed by atoms with Gasteiger partial charge in [0.2, 0.25) is 0 Å². The zero-order valence-corrected chi connectivity index (χ0v) is 18.5. The fourth-order valence-corrected chi connectivity index (χ4v) is 3.88. The summed E-state index contributed by atoms with van der Waals surface area (Å²) in [6, 6.07) is 14.6.